The van der Waals surface area contributed by atoms with Crippen molar-refractivity contribution in [2.45, 2.75) is 12.5 Å². The number of rotatable bonds is 7. The predicted octanol–water partition coefficient (Wildman–Crippen LogP) is 2.14. The van der Waals surface area contributed by atoms with Gasteiger partial charge in [0, 0.05) is 13.6 Å². The summed E-state index contributed by atoms with van der Waals surface area (Å²) >= 11 is 0. The third-order valence-corrected chi connectivity index (χ3v) is 4.23. The van der Waals surface area contributed by atoms with E-state index in [1.165, 1.54) is 0 Å². The molecule has 1 heterocycles. The Labute approximate surface area is 137 Å². The molecule has 0 spiro atoms. The number of hydrazone groups is 1. The van der Waals surface area contributed by atoms with Gasteiger partial charge in [-0.2, -0.15) is 13.5 Å². The van der Waals surface area contributed by atoms with Crippen molar-refractivity contribution in [3.8, 4) is 0 Å². The third-order valence-electron chi connectivity index (χ3n) is 3.42. The van der Waals surface area contributed by atoms with Crippen molar-refractivity contribution in [3.05, 3.63) is 54.8 Å². The van der Waals surface area contributed by atoms with Crippen molar-refractivity contribution in [2.24, 2.45) is 5.10 Å². The largest absolute Gasteiger partial charge is 0.366 e. The smallest absolute Gasteiger partial charge is 0.264 e. The maximum atomic E-state index is 10.8. The van der Waals surface area contributed by atoms with Crippen LogP contribution in [0.1, 0.15) is 6.42 Å². The van der Waals surface area contributed by atoms with E-state index in [0.29, 0.717) is 13.0 Å². The number of anilines is 1. The number of hydrogen-bond donors (Lipinski definition) is 1. The Morgan fingerprint density at radius 3 is 2.74 bits per heavy atom. The van der Waals surface area contributed by atoms with Gasteiger partial charge in [0.2, 0.25) is 0 Å². The van der Waals surface area contributed by atoms with Gasteiger partial charge in [-0.1, -0.05) is 30.4 Å². The van der Waals surface area contributed by atoms with Crippen LogP contribution in [0.5, 0.6) is 0 Å². The minimum Gasteiger partial charge on any atom is -0.366 e. The highest BCUT2D eigenvalue weighted by Crippen LogP contribution is 2.12. The summed E-state index contributed by atoms with van der Waals surface area (Å²) in [6.07, 6.45) is 9.85. The number of para-hydroxylation sites is 1. The molecule has 0 saturated heterocycles. The average molecular weight is 335 g/mol. The molecule has 1 aromatic rings. The lowest BCUT2D eigenvalue weighted by Gasteiger charge is -2.28. The quantitative estimate of drug-likeness (QED) is 0.469. The maximum absolute atomic E-state index is 10.8. The lowest BCUT2D eigenvalue weighted by atomic mass is 10.2. The Balaban J connectivity index is 1.95. The third kappa shape index (κ3) is 5.88. The standard InChI is InChI=1S/C16H21N3O3S/c1-18(15-8-3-2-4-9-15)17-14-16-10-5-6-11-19(16)12-7-13-23(20,21)22/h2-6,8-11,14,16H,7,12-13H2,1H3,(H,20,21,22). The molecule has 124 valence electrons. The summed E-state index contributed by atoms with van der Waals surface area (Å²) in [7, 11) is -2.04. The SMILES string of the molecule is CN(N=CC1C=CC=CN1CCCS(=O)(=O)O)c1ccccc1. The minimum absolute atomic E-state index is 0.0486. The molecule has 0 amide bonds. The van der Waals surface area contributed by atoms with Gasteiger partial charge >= 0.3 is 0 Å². The Kier molecular flexibility index (Phi) is 5.95. The first-order valence-electron chi connectivity index (χ1n) is 7.34. The van der Waals surface area contributed by atoms with E-state index >= 15 is 0 Å². The van der Waals surface area contributed by atoms with Gasteiger partial charge in [0.05, 0.1) is 23.7 Å². The fourth-order valence-electron chi connectivity index (χ4n) is 2.22. The summed E-state index contributed by atoms with van der Waals surface area (Å²) in [6, 6.07) is 9.74. The Bertz CT molecular complexity index is 684. The van der Waals surface area contributed by atoms with Crippen LogP contribution in [0.4, 0.5) is 5.69 Å². The Hall–Kier alpha value is -2.12. The molecule has 1 aliphatic rings. The first-order chi connectivity index (χ1) is 11.0. The van der Waals surface area contributed by atoms with Crippen LogP contribution in [0.2, 0.25) is 0 Å². The molecule has 6 nitrogen and oxygen atoms in total. The van der Waals surface area contributed by atoms with Crippen molar-refractivity contribution >= 4 is 22.0 Å². The molecular weight excluding hydrogens is 314 g/mol. The molecule has 1 aromatic carbocycles. The van der Waals surface area contributed by atoms with Crippen LogP contribution in [-0.4, -0.2) is 49.5 Å². The van der Waals surface area contributed by atoms with Gasteiger partial charge in [-0.25, -0.2) is 0 Å². The van der Waals surface area contributed by atoms with Crippen LogP contribution in [0.3, 0.4) is 0 Å². The van der Waals surface area contributed by atoms with Gasteiger partial charge < -0.3 is 4.90 Å². The maximum Gasteiger partial charge on any atom is 0.264 e. The van der Waals surface area contributed by atoms with Crippen molar-refractivity contribution in [3.63, 3.8) is 0 Å². The number of hydrogen-bond acceptors (Lipinski definition) is 5. The van der Waals surface area contributed by atoms with Crippen LogP contribution in [0, 0.1) is 0 Å². The number of nitrogens with zero attached hydrogens (tertiary/aromatic N) is 3. The zero-order valence-electron chi connectivity index (χ0n) is 13.0. The molecule has 0 bridgehead atoms. The summed E-state index contributed by atoms with van der Waals surface area (Å²) in [5.74, 6) is -0.241. The van der Waals surface area contributed by atoms with Crippen LogP contribution >= 0.6 is 0 Å². The zero-order valence-corrected chi connectivity index (χ0v) is 13.8. The molecular formula is C16H21N3O3S. The normalized spacial score (nSPS) is 17.8. The van der Waals surface area contributed by atoms with Crippen molar-refractivity contribution < 1.29 is 13.0 Å². The fraction of sp³-hybridized carbons (Fsp3) is 0.312. The van der Waals surface area contributed by atoms with E-state index in [2.05, 4.69) is 5.10 Å². The Morgan fingerprint density at radius 2 is 2.04 bits per heavy atom. The second kappa shape index (κ2) is 7.94. The number of benzene rings is 1. The molecule has 1 aliphatic heterocycles. The van der Waals surface area contributed by atoms with E-state index in [9.17, 15) is 8.42 Å². The van der Waals surface area contributed by atoms with E-state index in [1.54, 1.807) is 11.2 Å². The monoisotopic (exact) mass is 335 g/mol. The first-order valence-corrected chi connectivity index (χ1v) is 8.95. The van der Waals surface area contributed by atoms with Crippen molar-refractivity contribution in [1.82, 2.24) is 4.90 Å². The molecule has 0 aliphatic carbocycles. The van der Waals surface area contributed by atoms with E-state index in [-0.39, 0.29) is 11.8 Å². The van der Waals surface area contributed by atoms with Gasteiger partial charge in [-0.05, 0) is 30.8 Å². The molecule has 0 radical (unpaired) electrons. The van der Waals surface area contributed by atoms with Crippen LogP contribution in [0.15, 0.2) is 59.9 Å². The second-order valence-electron chi connectivity index (χ2n) is 5.22. The van der Waals surface area contributed by atoms with Crippen LogP contribution in [-0.2, 0) is 10.1 Å². The van der Waals surface area contributed by atoms with E-state index in [1.807, 2.05) is 66.7 Å². The fourth-order valence-corrected chi connectivity index (χ4v) is 2.71. The summed E-state index contributed by atoms with van der Waals surface area (Å²) in [5, 5.41) is 6.22. The van der Waals surface area contributed by atoms with E-state index in [4.69, 9.17) is 4.55 Å². The molecule has 7 heteroatoms. The lowest BCUT2D eigenvalue weighted by molar-refractivity contribution is 0.371. The summed E-state index contributed by atoms with van der Waals surface area (Å²) < 4.78 is 30.4. The number of allylic oxidation sites excluding steroid dienone is 2. The lowest BCUT2D eigenvalue weighted by Crippen LogP contribution is -2.34. The van der Waals surface area contributed by atoms with E-state index in [0.717, 1.165) is 5.69 Å². The molecule has 23 heavy (non-hydrogen) atoms. The van der Waals surface area contributed by atoms with Crippen LogP contribution in [0.25, 0.3) is 0 Å². The predicted molar refractivity (Wildman–Crippen MR) is 93.1 cm³/mol. The zero-order chi connectivity index (χ0) is 16.7. The molecule has 0 fully saturated rings. The van der Waals surface area contributed by atoms with Crippen LogP contribution < -0.4 is 5.01 Å². The van der Waals surface area contributed by atoms with Crippen molar-refractivity contribution in [1.29, 1.82) is 0 Å². The second-order valence-corrected chi connectivity index (χ2v) is 6.79. The molecule has 1 atom stereocenters. The molecule has 0 saturated carbocycles. The van der Waals surface area contributed by atoms with Gasteiger partial charge in [-0.3, -0.25) is 9.56 Å². The van der Waals surface area contributed by atoms with Gasteiger partial charge in [0.25, 0.3) is 10.1 Å². The average Bonchev–Trinajstić information content (AvgIpc) is 2.53. The Morgan fingerprint density at radius 1 is 1.30 bits per heavy atom. The minimum atomic E-state index is -3.91. The van der Waals surface area contributed by atoms with Gasteiger partial charge in [0.15, 0.2) is 0 Å². The molecule has 1 unspecified atom stereocenters. The molecule has 2 rings (SSSR count). The summed E-state index contributed by atoms with van der Waals surface area (Å²) in [4.78, 5) is 1.98. The molecule has 1 N–H and O–H groups in total. The van der Waals surface area contributed by atoms with Crippen molar-refractivity contribution in [2.75, 3.05) is 24.4 Å². The van der Waals surface area contributed by atoms with E-state index < -0.39 is 10.1 Å². The molecule has 0 aromatic heterocycles. The first kappa shape index (κ1) is 17.2. The highest BCUT2D eigenvalue weighted by molar-refractivity contribution is 7.85. The van der Waals surface area contributed by atoms with Gasteiger partial charge in [-0.15, -0.1) is 0 Å². The summed E-state index contributed by atoms with van der Waals surface area (Å²) in [6.45, 7) is 0.520. The highest BCUT2D eigenvalue weighted by Gasteiger charge is 2.14. The van der Waals surface area contributed by atoms with Gasteiger partial charge in [0.1, 0.15) is 0 Å². The summed E-state index contributed by atoms with van der Waals surface area (Å²) in [5.41, 5.74) is 0.983. The topological polar surface area (TPSA) is 73.2 Å². The highest BCUT2D eigenvalue weighted by atomic mass is 32.2.